The maximum atomic E-state index is 11.6. The average molecular weight is 224 g/mol. The lowest BCUT2D eigenvalue weighted by Gasteiger charge is -2.12. The lowest BCUT2D eigenvalue weighted by molar-refractivity contribution is 0.108. The summed E-state index contributed by atoms with van der Waals surface area (Å²) in [7, 11) is 0. The van der Waals surface area contributed by atoms with E-state index in [1.165, 1.54) is 11.8 Å². The highest BCUT2D eigenvalue weighted by Crippen LogP contribution is 2.21. The van der Waals surface area contributed by atoms with Crippen LogP contribution >= 0.6 is 11.8 Å². The van der Waals surface area contributed by atoms with Crippen LogP contribution in [0.3, 0.4) is 0 Å². The molecule has 0 heterocycles. The van der Waals surface area contributed by atoms with E-state index in [-0.39, 0.29) is 5.12 Å². The van der Waals surface area contributed by atoms with E-state index < -0.39 is 0 Å². The standard InChI is InChI=1S/C11H16N2OS/c1-7-8(5-12)3-4-9(10(7)6-13)11(14)15-2/h3-4H,5-6,12-13H2,1-2H3. The molecule has 82 valence electrons. The summed E-state index contributed by atoms with van der Waals surface area (Å²) in [4.78, 5) is 11.6. The topological polar surface area (TPSA) is 69.1 Å². The molecule has 4 heteroatoms. The van der Waals surface area contributed by atoms with Crippen LogP contribution in [0.25, 0.3) is 0 Å². The van der Waals surface area contributed by atoms with Gasteiger partial charge in [-0.1, -0.05) is 17.8 Å². The van der Waals surface area contributed by atoms with Gasteiger partial charge in [-0.05, 0) is 35.9 Å². The van der Waals surface area contributed by atoms with Gasteiger partial charge in [0.25, 0.3) is 0 Å². The Labute approximate surface area is 94.2 Å². The fourth-order valence-electron chi connectivity index (χ4n) is 1.59. The van der Waals surface area contributed by atoms with Crippen LogP contribution in [0.1, 0.15) is 27.0 Å². The molecule has 1 aromatic carbocycles. The highest BCUT2D eigenvalue weighted by atomic mass is 32.2. The zero-order valence-electron chi connectivity index (χ0n) is 9.04. The smallest absolute Gasteiger partial charge is 0.219 e. The molecule has 0 aliphatic heterocycles. The van der Waals surface area contributed by atoms with Crippen molar-refractivity contribution in [1.82, 2.24) is 0 Å². The Morgan fingerprint density at radius 1 is 1.33 bits per heavy atom. The molecule has 0 saturated heterocycles. The Bertz CT molecular complexity index is 377. The highest BCUT2D eigenvalue weighted by molar-refractivity contribution is 8.13. The highest BCUT2D eigenvalue weighted by Gasteiger charge is 2.13. The third kappa shape index (κ3) is 2.40. The number of nitrogens with two attached hydrogens (primary N) is 2. The molecule has 1 aromatic rings. The van der Waals surface area contributed by atoms with Crippen molar-refractivity contribution in [3.05, 3.63) is 34.4 Å². The predicted molar refractivity (Wildman–Crippen MR) is 64.8 cm³/mol. The van der Waals surface area contributed by atoms with Gasteiger partial charge in [0.05, 0.1) is 0 Å². The maximum absolute atomic E-state index is 11.6. The lowest BCUT2D eigenvalue weighted by atomic mass is 9.97. The Balaban J connectivity index is 3.30. The normalized spacial score (nSPS) is 10.4. The van der Waals surface area contributed by atoms with E-state index in [9.17, 15) is 4.79 Å². The minimum absolute atomic E-state index is 0.0575. The van der Waals surface area contributed by atoms with Crippen molar-refractivity contribution in [3.63, 3.8) is 0 Å². The van der Waals surface area contributed by atoms with E-state index in [0.717, 1.165) is 16.7 Å². The van der Waals surface area contributed by atoms with Gasteiger partial charge in [0.2, 0.25) is 5.12 Å². The molecule has 0 fully saturated rings. The van der Waals surface area contributed by atoms with E-state index in [0.29, 0.717) is 18.7 Å². The number of hydrogen-bond donors (Lipinski definition) is 2. The van der Waals surface area contributed by atoms with Crippen molar-refractivity contribution in [2.45, 2.75) is 20.0 Å². The summed E-state index contributed by atoms with van der Waals surface area (Å²) in [5.41, 5.74) is 15.0. The minimum Gasteiger partial charge on any atom is -0.326 e. The Morgan fingerprint density at radius 3 is 2.47 bits per heavy atom. The van der Waals surface area contributed by atoms with E-state index in [1.807, 2.05) is 19.1 Å². The van der Waals surface area contributed by atoms with Crippen molar-refractivity contribution >= 4 is 16.9 Å². The van der Waals surface area contributed by atoms with Gasteiger partial charge < -0.3 is 11.5 Å². The molecule has 1 rings (SSSR count). The molecule has 0 spiro atoms. The molecule has 0 atom stereocenters. The van der Waals surface area contributed by atoms with Gasteiger partial charge in [-0.2, -0.15) is 0 Å². The van der Waals surface area contributed by atoms with Gasteiger partial charge >= 0.3 is 0 Å². The minimum atomic E-state index is 0.0575. The van der Waals surface area contributed by atoms with Crippen LogP contribution < -0.4 is 11.5 Å². The molecule has 0 aromatic heterocycles. The van der Waals surface area contributed by atoms with Crippen molar-refractivity contribution in [3.8, 4) is 0 Å². The fourth-order valence-corrected chi connectivity index (χ4v) is 2.00. The van der Waals surface area contributed by atoms with Crippen LogP contribution in [-0.2, 0) is 13.1 Å². The van der Waals surface area contributed by atoms with Gasteiger partial charge in [-0.25, -0.2) is 0 Å². The number of hydrogen-bond acceptors (Lipinski definition) is 4. The van der Waals surface area contributed by atoms with Crippen LogP contribution in [0.4, 0.5) is 0 Å². The molecule has 3 nitrogen and oxygen atoms in total. The molecule has 0 unspecified atom stereocenters. The first-order chi connectivity index (χ1) is 7.15. The zero-order valence-corrected chi connectivity index (χ0v) is 9.86. The lowest BCUT2D eigenvalue weighted by Crippen LogP contribution is -2.11. The molecule has 0 aliphatic carbocycles. The van der Waals surface area contributed by atoms with Crippen LogP contribution in [0, 0.1) is 6.92 Å². The number of carbonyl (C=O) groups is 1. The van der Waals surface area contributed by atoms with Crippen molar-refractivity contribution in [2.24, 2.45) is 11.5 Å². The molecule has 15 heavy (non-hydrogen) atoms. The summed E-state index contributed by atoms with van der Waals surface area (Å²) < 4.78 is 0. The third-order valence-corrected chi connectivity index (χ3v) is 3.13. The van der Waals surface area contributed by atoms with Crippen molar-refractivity contribution < 1.29 is 4.79 Å². The second kappa shape index (κ2) is 5.30. The number of thioether (sulfide) groups is 1. The third-order valence-electron chi connectivity index (χ3n) is 2.54. The van der Waals surface area contributed by atoms with Crippen LogP contribution in [0.5, 0.6) is 0 Å². The summed E-state index contributed by atoms with van der Waals surface area (Å²) >= 11 is 1.20. The first-order valence-electron chi connectivity index (χ1n) is 4.75. The number of carbonyl (C=O) groups excluding carboxylic acids is 1. The van der Waals surface area contributed by atoms with E-state index in [2.05, 4.69) is 0 Å². The summed E-state index contributed by atoms with van der Waals surface area (Å²) in [6, 6.07) is 3.72. The van der Waals surface area contributed by atoms with Crippen LogP contribution in [-0.4, -0.2) is 11.4 Å². The molecular formula is C11H16N2OS. The average Bonchev–Trinajstić information content (AvgIpc) is 2.27. The predicted octanol–water partition coefficient (Wildman–Crippen LogP) is 1.42. The fraction of sp³-hybridized carbons (Fsp3) is 0.364. The molecule has 0 aliphatic rings. The summed E-state index contributed by atoms with van der Waals surface area (Å²) in [6.07, 6.45) is 1.77. The van der Waals surface area contributed by atoms with Gasteiger partial charge in [0, 0.05) is 18.7 Å². The quantitative estimate of drug-likeness (QED) is 0.814. The van der Waals surface area contributed by atoms with E-state index in [4.69, 9.17) is 11.5 Å². The second-order valence-corrected chi connectivity index (χ2v) is 4.05. The Hall–Kier alpha value is -0.840. The summed E-state index contributed by atoms with van der Waals surface area (Å²) in [6.45, 7) is 2.81. The Morgan fingerprint density at radius 2 is 2.00 bits per heavy atom. The van der Waals surface area contributed by atoms with E-state index in [1.54, 1.807) is 6.26 Å². The monoisotopic (exact) mass is 224 g/mol. The van der Waals surface area contributed by atoms with Gasteiger partial charge in [-0.15, -0.1) is 0 Å². The number of benzene rings is 1. The molecule has 0 amide bonds. The molecule has 4 N–H and O–H groups in total. The van der Waals surface area contributed by atoms with E-state index >= 15 is 0 Å². The molecule has 0 bridgehead atoms. The van der Waals surface area contributed by atoms with Crippen LogP contribution in [0.15, 0.2) is 12.1 Å². The molecule has 0 radical (unpaired) electrons. The van der Waals surface area contributed by atoms with Crippen molar-refractivity contribution in [2.75, 3.05) is 6.26 Å². The first kappa shape index (κ1) is 12.2. The van der Waals surface area contributed by atoms with Gasteiger partial charge in [0.1, 0.15) is 0 Å². The van der Waals surface area contributed by atoms with Gasteiger partial charge in [0.15, 0.2) is 0 Å². The Kier molecular flexibility index (Phi) is 4.32. The van der Waals surface area contributed by atoms with Crippen LogP contribution in [0.2, 0.25) is 0 Å². The SMILES string of the molecule is CSC(=O)c1ccc(CN)c(C)c1CN. The molecular weight excluding hydrogens is 208 g/mol. The largest absolute Gasteiger partial charge is 0.326 e. The molecule has 0 saturated carbocycles. The summed E-state index contributed by atoms with van der Waals surface area (Å²) in [5.74, 6) is 0. The number of rotatable bonds is 3. The maximum Gasteiger partial charge on any atom is 0.219 e. The van der Waals surface area contributed by atoms with Crippen molar-refractivity contribution in [1.29, 1.82) is 0 Å². The zero-order chi connectivity index (χ0) is 11.4. The second-order valence-electron chi connectivity index (χ2n) is 3.28. The first-order valence-corrected chi connectivity index (χ1v) is 5.98. The van der Waals surface area contributed by atoms with Gasteiger partial charge in [-0.3, -0.25) is 4.79 Å². The summed E-state index contributed by atoms with van der Waals surface area (Å²) in [5, 5.41) is 0.0575.